The standard InChI is InChI=1S/C16H23NO2/c1-2-3-11-16(18)17(13-15-10-7-12-19-15)14-8-5-4-6-9-14/h4-6,8-9,15H,2-3,7,10-13H2,1H3. The fourth-order valence-electron chi connectivity index (χ4n) is 2.41. The van der Waals surface area contributed by atoms with Gasteiger partial charge in [0.15, 0.2) is 0 Å². The first-order chi connectivity index (χ1) is 9.31. The molecule has 1 aromatic carbocycles. The zero-order chi connectivity index (χ0) is 13.5. The largest absolute Gasteiger partial charge is 0.376 e. The Morgan fingerprint density at radius 3 is 2.79 bits per heavy atom. The molecule has 1 unspecified atom stereocenters. The molecule has 0 N–H and O–H groups in total. The predicted molar refractivity (Wildman–Crippen MR) is 77.3 cm³/mol. The number of nitrogens with zero attached hydrogens (tertiary/aromatic N) is 1. The van der Waals surface area contributed by atoms with E-state index < -0.39 is 0 Å². The summed E-state index contributed by atoms with van der Waals surface area (Å²) >= 11 is 0. The molecule has 1 amide bonds. The summed E-state index contributed by atoms with van der Waals surface area (Å²) in [5.74, 6) is 0.212. The average molecular weight is 261 g/mol. The average Bonchev–Trinajstić information content (AvgIpc) is 2.96. The number of anilines is 1. The van der Waals surface area contributed by atoms with Crippen LogP contribution in [0, 0.1) is 0 Å². The van der Waals surface area contributed by atoms with Crippen LogP contribution < -0.4 is 4.90 Å². The molecule has 1 aromatic rings. The molecule has 0 saturated carbocycles. The summed E-state index contributed by atoms with van der Waals surface area (Å²) in [6.07, 6.45) is 4.99. The van der Waals surface area contributed by atoms with Crippen LogP contribution in [-0.4, -0.2) is 25.2 Å². The zero-order valence-electron chi connectivity index (χ0n) is 11.7. The highest BCUT2D eigenvalue weighted by Gasteiger charge is 2.23. The van der Waals surface area contributed by atoms with Gasteiger partial charge in [0.2, 0.25) is 5.91 Å². The molecule has 1 atom stereocenters. The van der Waals surface area contributed by atoms with Crippen LogP contribution in [0.5, 0.6) is 0 Å². The fraction of sp³-hybridized carbons (Fsp3) is 0.562. The number of para-hydroxylation sites is 1. The molecule has 0 spiro atoms. The molecule has 1 aliphatic heterocycles. The lowest BCUT2D eigenvalue weighted by Crippen LogP contribution is -2.37. The summed E-state index contributed by atoms with van der Waals surface area (Å²) < 4.78 is 5.67. The summed E-state index contributed by atoms with van der Waals surface area (Å²) in [6.45, 7) is 3.63. The molecule has 0 aliphatic carbocycles. The molecule has 19 heavy (non-hydrogen) atoms. The van der Waals surface area contributed by atoms with Gasteiger partial charge in [-0.15, -0.1) is 0 Å². The first kappa shape index (κ1) is 14.1. The number of ether oxygens (including phenoxy) is 1. The van der Waals surface area contributed by atoms with E-state index in [1.54, 1.807) is 0 Å². The van der Waals surface area contributed by atoms with Crippen molar-refractivity contribution in [1.29, 1.82) is 0 Å². The SMILES string of the molecule is CCCCC(=O)N(CC1CCCO1)c1ccccc1. The normalized spacial score (nSPS) is 18.5. The van der Waals surface area contributed by atoms with E-state index >= 15 is 0 Å². The van der Waals surface area contributed by atoms with Gasteiger partial charge in [0, 0.05) is 18.7 Å². The number of carbonyl (C=O) groups excluding carboxylic acids is 1. The van der Waals surface area contributed by atoms with Crippen LogP contribution in [0.15, 0.2) is 30.3 Å². The number of carbonyl (C=O) groups is 1. The number of benzene rings is 1. The summed E-state index contributed by atoms with van der Waals surface area (Å²) in [4.78, 5) is 14.3. The second kappa shape index (κ2) is 7.29. The Labute approximate surface area is 115 Å². The Bertz CT molecular complexity index is 385. The lowest BCUT2D eigenvalue weighted by atomic mass is 10.1. The van der Waals surface area contributed by atoms with Gasteiger partial charge in [-0.1, -0.05) is 31.5 Å². The molecule has 1 heterocycles. The Kier molecular flexibility index (Phi) is 5.40. The first-order valence-electron chi connectivity index (χ1n) is 7.28. The Balaban J connectivity index is 2.05. The van der Waals surface area contributed by atoms with Crippen LogP contribution in [0.1, 0.15) is 39.0 Å². The third-order valence-corrected chi connectivity index (χ3v) is 3.52. The van der Waals surface area contributed by atoms with E-state index in [4.69, 9.17) is 4.74 Å². The third kappa shape index (κ3) is 4.06. The van der Waals surface area contributed by atoms with Crippen LogP contribution in [0.4, 0.5) is 5.69 Å². The van der Waals surface area contributed by atoms with E-state index in [1.807, 2.05) is 35.2 Å². The van der Waals surface area contributed by atoms with Gasteiger partial charge in [0.05, 0.1) is 12.6 Å². The zero-order valence-corrected chi connectivity index (χ0v) is 11.7. The maximum Gasteiger partial charge on any atom is 0.227 e. The third-order valence-electron chi connectivity index (χ3n) is 3.52. The van der Waals surface area contributed by atoms with Crippen LogP contribution in [0.25, 0.3) is 0 Å². The minimum Gasteiger partial charge on any atom is -0.376 e. The lowest BCUT2D eigenvalue weighted by molar-refractivity contribution is -0.119. The summed E-state index contributed by atoms with van der Waals surface area (Å²) in [6, 6.07) is 9.93. The maximum atomic E-state index is 12.4. The summed E-state index contributed by atoms with van der Waals surface area (Å²) in [7, 11) is 0. The van der Waals surface area contributed by atoms with Crippen molar-refractivity contribution >= 4 is 11.6 Å². The second-order valence-corrected chi connectivity index (χ2v) is 5.08. The number of amides is 1. The summed E-state index contributed by atoms with van der Waals surface area (Å²) in [5, 5.41) is 0. The minimum absolute atomic E-state index is 0.200. The van der Waals surface area contributed by atoms with Crippen LogP contribution in [0.2, 0.25) is 0 Å². The van der Waals surface area contributed by atoms with Gasteiger partial charge >= 0.3 is 0 Å². The van der Waals surface area contributed by atoms with E-state index in [2.05, 4.69) is 6.92 Å². The molecule has 1 saturated heterocycles. The quantitative estimate of drug-likeness (QED) is 0.785. The predicted octanol–water partition coefficient (Wildman–Crippen LogP) is 3.39. The van der Waals surface area contributed by atoms with Gasteiger partial charge in [0.25, 0.3) is 0 Å². The van der Waals surface area contributed by atoms with Gasteiger partial charge in [-0.2, -0.15) is 0 Å². The molecule has 2 rings (SSSR count). The Hall–Kier alpha value is -1.35. The van der Waals surface area contributed by atoms with E-state index in [9.17, 15) is 4.79 Å². The van der Waals surface area contributed by atoms with Crippen molar-refractivity contribution in [3.05, 3.63) is 30.3 Å². The van der Waals surface area contributed by atoms with Gasteiger partial charge in [0.1, 0.15) is 0 Å². The highest BCUT2D eigenvalue weighted by Crippen LogP contribution is 2.20. The topological polar surface area (TPSA) is 29.5 Å². The second-order valence-electron chi connectivity index (χ2n) is 5.08. The monoisotopic (exact) mass is 261 g/mol. The number of unbranched alkanes of at least 4 members (excludes halogenated alkanes) is 1. The van der Waals surface area contributed by atoms with Crippen LogP contribution in [0.3, 0.4) is 0 Å². The number of hydrogen-bond donors (Lipinski definition) is 0. The molecule has 0 aromatic heterocycles. The van der Waals surface area contributed by atoms with Gasteiger partial charge < -0.3 is 9.64 Å². The summed E-state index contributed by atoms with van der Waals surface area (Å²) in [5.41, 5.74) is 0.985. The van der Waals surface area contributed by atoms with E-state index in [0.717, 1.165) is 38.0 Å². The first-order valence-corrected chi connectivity index (χ1v) is 7.28. The van der Waals surface area contributed by atoms with Gasteiger partial charge in [-0.05, 0) is 31.4 Å². The van der Waals surface area contributed by atoms with Crippen LogP contribution in [-0.2, 0) is 9.53 Å². The van der Waals surface area contributed by atoms with Crippen molar-refractivity contribution in [3.8, 4) is 0 Å². The van der Waals surface area contributed by atoms with Crippen molar-refractivity contribution in [2.75, 3.05) is 18.1 Å². The van der Waals surface area contributed by atoms with Crippen molar-refractivity contribution < 1.29 is 9.53 Å². The van der Waals surface area contributed by atoms with Crippen molar-refractivity contribution in [1.82, 2.24) is 0 Å². The minimum atomic E-state index is 0.200. The molecular weight excluding hydrogens is 238 g/mol. The molecule has 3 nitrogen and oxygen atoms in total. The van der Waals surface area contributed by atoms with Gasteiger partial charge in [-0.25, -0.2) is 0 Å². The molecule has 3 heteroatoms. The Morgan fingerprint density at radius 1 is 1.37 bits per heavy atom. The lowest BCUT2D eigenvalue weighted by Gasteiger charge is -2.25. The molecule has 0 radical (unpaired) electrons. The number of hydrogen-bond acceptors (Lipinski definition) is 2. The van der Waals surface area contributed by atoms with Crippen molar-refractivity contribution in [2.24, 2.45) is 0 Å². The van der Waals surface area contributed by atoms with Crippen LogP contribution >= 0.6 is 0 Å². The number of rotatable bonds is 6. The van der Waals surface area contributed by atoms with E-state index in [0.29, 0.717) is 13.0 Å². The molecular formula is C16H23NO2. The Morgan fingerprint density at radius 2 is 2.16 bits per heavy atom. The van der Waals surface area contributed by atoms with Crippen molar-refractivity contribution in [3.63, 3.8) is 0 Å². The van der Waals surface area contributed by atoms with Crippen molar-refractivity contribution in [2.45, 2.75) is 45.1 Å². The molecule has 0 bridgehead atoms. The maximum absolute atomic E-state index is 12.4. The fourth-order valence-corrected chi connectivity index (χ4v) is 2.41. The smallest absolute Gasteiger partial charge is 0.227 e. The highest BCUT2D eigenvalue weighted by molar-refractivity contribution is 5.93. The highest BCUT2D eigenvalue weighted by atomic mass is 16.5. The molecule has 104 valence electrons. The van der Waals surface area contributed by atoms with E-state index in [-0.39, 0.29) is 12.0 Å². The molecule has 1 aliphatic rings. The van der Waals surface area contributed by atoms with E-state index in [1.165, 1.54) is 0 Å². The molecule has 1 fully saturated rings. The van der Waals surface area contributed by atoms with Gasteiger partial charge in [-0.3, -0.25) is 4.79 Å².